The predicted octanol–water partition coefficient (Wildman–Crippen LogP) is 1.49. The molecule has 2 aromatic rings. The van der Waals surface area contributed by atoms with E-state index in [0.29, 0.717) is 48.9 Å². The van der Waals surface area contributed by atoms with Crippen LogP contribution in [0.15, 0.2) is 18.5 Å². The highest BCUT2D eigenvalue weighted by Crippen LogP contribution is 2.20. The van der Waals surface area contributed by atoms with Crippen LogP contribution in [0.5, 0.6) is 0 Å². The molecule has 1 atom stereocenters. The van der Waals surface area contributed by atoms with Gasteiger partial charge in [-0.05, 0) is 39.3 Å². The van der Waals surface area contributed by atoms with Crippen molar-refractivity contribution < 1.29 is 23.9 Å². The van der Waals surface area contributed by atoms with Gasteiger partial charge in [-0.2, -0.15) is 0 Å². The van der Waals surface area contributed by atoms with Crippen LogP contribution in [0.25, 0.3) is 0 Å². The number of ether oxygens (including phenoxy) is 2. The van der Waals surface area contributed by atoms with Crippen molar-refractivity contribution in [3.63, 3.8) is 0 Å². The quantitative estimate of drug-likeness (QED) is 0.687. The van der Waals surface area contributed by atoms with E-state index in [9.17, 15) is 14.4 Å². The predicted molar refractivity (Wildman–Crippen MR) is 112 cm³/mol. The molecule has 1 fully saturated rings. The lowest BCUT2D eigenvalue weighted by Gasteiger charge is -2.35. The van der Waals surface area contributed by atoms with Gasteiger partial charge < -0.3 is 24.3 Å². The standard InChI is InChI=1S/C21H27N5O5/c1-5-30-19(28)16-13(2)17(24-14(16)3)20(29)31-15(4)18(27)25-9-11-26(12-10-25)21-22-7-6-8-23-21/h6-8,15,24H,5,9-12H2,1-4H3. The molecule has 31 heavy (non-hydrogen) atoms. The summed E-state index contributed by atoms with van der Waals surface area (Å²) in [6.07, 6.45) is 2.40. The van der Waals surface area contributed by atoms with Crippen LogP contribution in [0.4, 0.5) is 5.95 Å². The maximum atomic E-state index is 12.8. The van der Waals surface area contributed by atoms with Crippen molar-refractivity contribution in [3.05, 3.63) is 41.0 Å². The number of hydrogen-bond acceptors (Lipinski definition) is 8. The molecule has 10 heteroatoms. The summed E-state index contributed by atoms with van der Waals surface area (Å²) < 4.78 is 10.4. The first-order valence-electron chi connectivity index (χ1n) is 10.2. The zero-order valence-corrected chi connectivity index (χ0v) is 18.2. The molecule has 2 aromatic heterocycles. The molecule has 0 bridgehead atoms. The fourth-order valence-electron chi connectivity index (χ4n) is 3.57. The number of nitrogens with one attached hydrogen (secondary N) is 1. The average Bonchev–Trinajstić information content (AvgIpc) is 3.08. The summed E-state index contributed by atoms with van der Waals surface area (Å²) in [4.78, 5) is 52.5. The summed E-state index contributed by atoms with van der Waals surface area (Å²) in [5.74, 6) is -0.830. The molecule has 1 amide bonds. The zero-order chi connectivity index (χ0) is 22.5. The van der Waals surface area contributed by atoms with Crippen LogP contribution in [-0.4, -0.2) is 76.6 Å². The van der Waals surface area contributed by atoms with Gasteiger partial charge in [0.25, 0.3) is 5.91 Å². The lowest BCUT2D eigenvalue weighted by atomic mass is 10.1. The minimum atomic E-state index is -0.957. The number of piperazine rings is 1. The van der Waals surface area contributed by atoms with Crippen LogP contribution in [0, 0.1) is 13.8 Å². The van der Waals surface area contributed by atoms with Gasteiger partial charge in [0.05, 0.1) is 12.2 Å². The van der Waals surface area contributed by atoms with Gasteiger partial charge in [0, 0.05) is 44.3 Å². The molecule has 0 radical (unpaired) electrons. The number of H-pyrrole nitrogens is 1. The van der Waals surface area contributed by atoms with Crippen LogP contribution in [0.2, 0.25) is 0 Å². The minimum absolute atomic E-state index is 0.145. The Hall–Kier alpha value is -3.43. The molecule has 1 saturated heterocycles. The maximum Gasteiger partial charge on any atom is 0.355 e. The van der Waals surface area contributed by atoms with E-state index in [2.05, 4.69) is 15.0 Å². The van der Waals surface area contributed by atoms with Crippen LogP contribution in [0.3, 0.4) is 0 Å². The van der Waals surface area contributed by atoms with Gasteiger partial charge in [0.1, 0.15) is 5.69 Å². The van der Waals surface area contributed by atoms with E-state index in [1.165, 1.54) is 0 Å². The maximum absolute atomic E-state index is 12.8. The van der Waals surface area contributed by atoms with Crippen molar-refractivity contribution in [3.8, 4) is 0 Å². The summed E-state index contributed by atoms with van der Waals surface area (Å²) in [7, 11) is 0. The molecular weight excluding hydrogens is 402 g/mol. The van der Waals surface area contributed by atoms with E-state index in [-0.39, 0.29) is 18.2 Å². The van der Waals surface area contributed by atoms with E-state index in [1.54, 1.807) is 51.1 Å². The van der Waals surface area contributed by atoms with Crippen molar-refractivity contribution in [2.45, 2.75) is 33.8 Å². The van der Waals surface area contributed by atoms with Crippen LogP contribution >= 0.6 is 0 Å². The Bertz CT molecular complexity index is 951. The Morgan fingerprint density at radius 1 is 1.10 bits per heavy atom. The molecule has 1 aliphatic heterocycles. The Morgan fingerprint density at radius 2 is 1.74 bits per heavy atom. The second-order valence-corrected chi connectivity index (χ2v) is 7.25. The average molecular weight is 429 g/mol. The van der Waals surface area contributed by atoms with Gasteiger partial charge in [-0.15, -0.1) is 0 Å². The smallest absolute Gasteiger partial charge is 0.355 e. The number of esters is 2. The third-order valence-electron chi connectivity index (χ3n) is 5.18. The number of anilines is 1. The molecule has 3 rings (SSSR count). The Kier molecular flexibility index (Phi) is 6.88. The van der Waals surface area contributed by atoms with Crippen molar-refractivity contribution in [1.82, 2.24) is 19.9 Å². The first-order chi connectivity index (χ1) is 14.8. The molecule has 1 N–H and O–H groups in total. The number of aromatic nitrogens is 3. The Balaban J connectivity index is 1.60. The summed E-state index contributed by atoms with van der Waals surface area (Å²) in [5, 5.41) is 0. The Labute approximate surface area is 180 Å². The van der Waals surface area contributed by atoms with Gasteiger partial charge in [0.15, 0.2) is 6.10 Å². The van der Waals surface area contributed by atoms with Crippen LogP contribution < -0.4 is 4.90 Å². The number of carbonyl (C=O) groups is 3. The number of rotatable bonds is 6. The second kappa shape index (κ2) is 9.59. The third kappa shape index (κ3) is 4.84. The third-order valence-corrected chi connectivity index (χ3v) is 5.18. The minimum Gasteiger partial charge on any atom is -0.462 e. The number of nitrogens with zero attached hydrogens (tertiary/aromatic N) is 4. The molecule has 0 aliphatic carbocycles. The first kappa shape index (κ1) is 22.3. The van der Waals surface area contributed by atoms with E-state index >= 15 is 0 Å². The highest BCUT2D eigenvalue weighted by molar-refractivity contribution is 5.99. The fourth-order valence-corrected chi connectivity index (χ4v) is 3.57. The molecule has 10 nitrogen and oxygen atoms in total. The molecule has 0 aromatic carbocycles. The summed E-state index contributed by atoms with van der Waals surface area (Å²) in [6.45, 7) is 8.96. The molecular formula is C21H27N5O5. The number of amides is 1. The summed E-state index contributed by atoms with van der Waals surface area (Å²) in [5.41, 5.74) is 1.41. The van der Waals surface area contributed by atoms with Crippen molar-refractivity contribution in [2.24, 2.45) is 0 Å². The van der Waals surface area contributed by atoms with E-state index in [4.69, 9.17) is 9.47 Å². The number of carbonyl (C=O) groups excluding carboxylic acids is 3. The molecule has 1 aliphatic rings. The molecule has 0 saturated carbocycles. The van der Waals surface area contributed by atoms with Gasteiger partial charge in [-0.25, -0.2) is 19.6 Å². The highest BCUT2D eigenvalue weighted by Gasteiger charge is 2.30. The first-order valence-corrected chi connectivity index (χ1v) is 10.2. The van der Waals surface area contributed by atoms with Crippen molar-refractivity contribution >= 4 is 23.8 Å². The normalized spacial score (nSPS) is 14.8. The summed E-state index contributed by atoms with van der Waals surface area (Å²) in [6, 6.07) is 1.75. The van der Waals surface area contributed by atoms with Gasteiger partial charge in [-0.3, -0.25) is 4.79 Å². The number of aryl methyl sites for hydroxylation is 1. The number of hydrogen-bond donors (Lipinski definition) is 1. The fraction of sp³-hybridized carbons (Fsp3) is 0.476. The van der Waals surface area contributed by atoms with Gasteiger partial charge in [-0.1, -0.05) is 0 Å². The lowest BCUT2D eigenvalue weighted by molar-refractivity contribution is -0.140. The van der Waals surface area contributed by atoms with E-state index in [1.807, 2.05) is 4.90 Å². The largest absolute Gasteiger partial charge is 0.462 e. The van der Waals surface area contributed by atoms with E-state index in [0.717, 1.165) is 0 Å². The summed E-state index contributed by atoms with van der Waals surface area (Å²) >= 11 is 0. The van der Waals surface area contributed by atoms with E-state index < -0.39 is 18.0 Å². The lowest BCUT2D eigenvalue weighted by Crippen LogP contribution is -2.52. The van der Waals surface area contributed by atoms with Gasteiger partial charge >= 0.3 is 11.9 Å². The van der Waals surface area contributed by atoms with Gasteiger partial charge in [0.2, 0.25) is 5.95 Å². The molecule has 1 unspecified atom stereocenters. The molecule has 166 valence electrons. The van der Waals surface area contributed by atoms with Crippen molar-refractivity contribution in [2.75, 3.05) is 37.7 Å². The highest BCUT2D eigenvalue weighted by atomic mass is 16.5. The van der Waals surface area contributed by atoms with Crippen LogP contribution in [-0.2, 0) is 14.3 Å². The molecule has 3 heterocycles. The van der Waals surface area contributed by atoms with Crippen LogP contribution in [0.1, 0.15) is 46.0 Å². The second-order valence-electron chi connectivity index (χ2n) is 7.25. The van der Waals surface area contributed by atoms with Crippen molar-refractivity contribution in [1.29, 1.82) is 0 Å². The monoisotopic (exact) mass is 429 g/mol. The SMILES string of the molecule is CCOC(=O)c1c(C)[nH]c(C(=O)OC(C)C(=O)N2CCN(c3ncccn3)CC2)c1C. The zero-order valence-electron chi connectivity index (χ0n) is 18.2. The topological polar surface area (TPSA) is 118 Å². The molecule has 0 spiro atoms. The number of aromatic amines is 1. The Morgan fingerprint density at radius 3 is 2.35 bits per heavy atom.